The number of nitrogens with one attached hydrogen (secondary N) is 1. The number of likely N-dealkylation sites (tertiary alicyclic amines) is 1. The molecule has 148 valence electrons. The average molecular weight is 398 g/mol. The molecule has 1 aliphatic heterocycles. The Balaban J connectivity index is 1.51. The fraction of sp³-hybridized carbons (Fsp3) is 0.500. The number of thioether (sulfide) groups is 1. The van der Waals surface area contributed by atoms with Gasteiger partial charge in [-0.3, -0.25) is 9.59 Å². The molecule has 1 aromatic carbocycles. The molecule has 1 unspecified atom stereocenters. The minimum absolute atomic E-state index is 0.0450. The summed E-state index contributed by atoms with van der Waals surface area (Å²) in [5.74, 6) is 0.498. The van der Waals surface area contributed by atoms with Crippen LogP contribution in [0.2, 0.25) is 0 Å². The topological polar surface area (TPSA) is 62.3 Å². The summed E-state index contributed by atoms with van der Waals surface area (Å²) < 4.78 is 0. The van der Waals surface area contributed by atoms with E-state index in [1.807, 2.05) is 35.2 Å². The molecule has 0 radical (unpaired) electrons. The first-order chi connectivity index (χ1) is 13.7. The fourth-order valence-corrected chi connectivity index (χ4v) is 4.68. The van der Waals surface area contributed by atoms with Crippen LogP contribution >= 0.6 is 11.8 Å². The fourth-order valence-electron chi connectivity index (χ4n) is 3.88. The van der Waals surface area contributed by atoms with Crippen LogP contribution in [0.15, 0.2) is 35.4 Å². The molecule has 2 aliphatic rings. The summed E-state index contributed by atoms with van der Waals surface area (Å²) in [6.45, 7) is 3.01. The maximum absolute atomic E-state index is 12.8. The molecule has 1 saturated heterocycles. The van der Waals surface area contributed by atoms with Crippen molar-refractivity contribution in [1.82, 2.24) is 15.2 Å². The molecule has 5 nitrogen and oxygen atoms in total. The molecule has 2 heterocycles. The van der Waals surface area contributed by atoms with Crippen molar-refractivity contribution >= 4 is 34.5 Å². The van der Waals surface area contributed by atoms with Gasteiger partial charge >= 0.3 is 0 Å². The number of hydrogen-bond donors (Lipinski definition) is 1. The van der Waals surface area contributed by atoms with E-state index in [2.05, 4.69) is 17.2 Å². The molecule has 1 aromatic heterocycles. The molecular weight excluding hydrogens is 370 g/mol. The predicted molar refractivity (Wildman–Crippen MR) is 113 cm³/mol. The first-order valence-corrected chi connectivity index (χ1v) is 11.3. The minimum atomic E-state index is -0.0450. The van der Waals surface area contributed by atoms with Gasteiger partial charge in [-0.05, 0) is 50.7 Å². The number of nitrogens with zero attached hydrogens (tertiary/aromatic N) is 2. The summed E-state index contributed by atoms with van der Waals surface area (Å²) >= 11 is 1.43. The van der Waals surface area contributed by atoms with Crippen molar-refractivity contribution in [2.45, 2.75) is 62.6 Å². The maximum Gasteiger partial charge on any atom is 0.252 e. The van der Waals surface area contributed by atoms with E-state index in [4.69, 9.17) is 0 Å². The number of hydrogen-bond acceptors (Lipinski definition) is 4. The van der Waals surface area contributed by atoms with Crippen LogP contribution in [-0.2, 0) is 4.79 Å². The molecule has 2 amide bonds. The van der Waals surface area contributed by atoms with Crippen LogP contribution < -0.4 is 5.32 Å². The second kappa shape index (κ2) is 8.52. The van der Waals surface area contributed by atoms with Crippen LogP contribution in [0, 0.1) is 0 Å². The van der Waals surface area contributed by atoms with Crippen molar-refractivity contribution in [1.29, 1.82) is 0 Å². The smallest absolute Gasteiger partial charge is 0.252 e. The molecule has 0 bridgehead atoms. The summed E-state index contributed by atoms with van der Waals surface area (Å²) in [4.78, 5) is 32.2. The van der Waals surface area contributed by atoms with Gasteiger partial charge in [0.1, 0.15) is 0 Å². The highest BCUT2D eigenvalue weighted by molar-refractivity contribution is 7.99. The van der Waals surface area contributed by atoms with Gasteiger partial charge in [0.05, 0.1) is 21.9 Å². The van der Waals surface area contributed by atoms with Crippen LogP contribution in [0.3, 0.4) is 0 Å². The molecular formula is C22H27N3O2S. The number of pyridine rings is 1. The van der Waals surface area contributed by atoms with Gasteiger partial charge in [0, 0.05) is 24.0 Å². The van der Waals surface area contributed by atoms with Crippen molar-refractivity contribution in [3.8, 4) is 0 Å². The number of aromatic nitrogens is 1. The maximum atomic E-state index is 12.8. The van der Waals surface area contributed by atoms with E-state index >= 15 is 0 Å². The first kappa shape index (κ1) is 19.2. The lowest BCUT2D eigenvalue weighted by Gasteiger charge is -2.35. The summed E-state index contributed by atoms with van der Waals surface area (Å²) in [6, 6.07) is 10.2. The number of amides is 2. The van der Waals surface area contributed by atoms with Gasteiger partial charge in [0.25, 0.3) is 5.91 Å². The molecule has 2 fully saturated rings. The van der Waals surface area contributed by atoms with Gasteiger partial charge in [-0.1, -0.05) is 36.9 Å². The number of fused-ring (bicyclic) bond motifs is 1. The van der Waals surface area contributed by atoms with Crippen LogP contribution in [0.5, 0.6) is 0 Å². The van der Waals surface area contributed by atoms with E-state index in [0.29, 0.717) is 23.4 Å². The molecule has 0 spiro atoms. The predicted octanol–water partition coefficient (Wildman–Crippen LogP) is 4.01. The number of carbonyl (C=O) groups excluding carboxylic acids is 2. The zero-order valence-corrected chi connectivity index (χ0v) is 17.1. The summed E-state index contributed by atoms with van der Waals surface area (Å²) in [7, 11) is 0. The highest BCUT2D eigenvalue weighted by atomic mass is 32.2. The number of rotatable bonds is 6. The van der Waals surface area contributed by atoms with E-state index in [0.717, 1.165) is 54.6 Å². The van der Waals surface area contributed by atoms with Gasteiger partial charge < -0.3 is 10.2 Å². The van der Waals surface area contributed by atoms with Crippen molar-refractivity contribution in [3.05, 3.63) is 35.9 Å². The highest BCUT2D eigenvalue weighted by Crippen LogP contribution is 2.27. The van der Waals surface area contributed by atoms with Crippen LogP contribution in [0.4, 0.5) is 0 Å². The van der Waals surface area contributed by atoms with Crippen LogP contribution in [0.1, 0.15) is 55.8 Å². The average Bonchev–Trinajstić information content (AvgIpc) is 3.55. The van der Waals surface area contributed by atoms with E-state index in [9.17, 15) is 9.59 Å². The zero-order chi connectivity index (χ0) is 19.5. The van der Waals surface area contributed by atoms with Crippen LogP contribution in [-0.4, -0.2) is 46.1 Å². The second-order valence-corrected chi connectivity index (χ2v) is 8.70. The van der Waals surface area contributed by atoms with E-state index in [1.54, 1.807) is 0 Å². The third-order valence-electron chi connectivity index (χ3n) is 5.61. The SMILES string of the molecule is CCC1CCCCN1C(=O)CSc1cc(C(=O)NC2CC2)c2ccccc2n1. The van der Waals surface area contributed by atoms with Gasteiger partial charge in [-0.2, -0.15) is 0 Å². The van der Waals surface area contributed by atoms with E-state index < -0.39 is 0 Å². The summed E-state index contributed by atoms with van der Waals surface area (Å²) in [6.07, 6.45) is 6.52. The highest BCUT2D eigenvalue weighted by Gasteiger charge is 2.26. The van der Waals surface area contributed by atoms with E-state index in [-0.39, 0.29) is 11.8 Å². The van der Waals surface area contributed by atoms with Gasteiger partial charge in [-0.25, -0.2) is 4.98 Å². The molecule has 2 aromatic rings. The van der Waals surface area contributed by atoms with Crippen molar-refractivity contribution < 1.29 is 9.59 Å². The quantitative estimate of drug-likeness (QED) is 0.748. The molecule has 1 saturated carbocycles. The molecule has 6 heteroatoms. The number of benzene rings is 1. The molecule has 1 aliphatic carbocycles. The number of piperidine rings is 1. The zero-order valence-electron chi connectivity index (χ0n) is 16.3. The normalized spacial score (nSPS) is 19.6. The third kappa shape index (κ3) is 4.32. The monoisotopic (exact) mass is 397 g/mol. The largest absolute Gasteiger partial charge is 0.349 e. The Hall–Kier alpha value is -2.08. The first-order valence-electron chi connectivity index (χ1n) is 10.3. The summed E-state index contributed by atoms with van der Waals surface area (Å²) in [5.41, 5.74) is 1.45. The van der Waals surface area contributed by atoms with E-state index in [1.165, 1.54) is 18.2 Å². The van der Waals surface area contributed by atoms with Gasteiger partial charge in [0.2, 0.25) is 5.91 Å². The Morgan fingerprint density at radius 3 is 2.82 bits per heavy atom. The Labute approximate surface area is 170 Å². The Morgan fingerprint density at radius 1 is 1.21 bits per heavy atom. The lowest BCUT2D eigenvalue weighted by Crippen LogP contribution is -2.44. The number of para-hydroxylation sites is 1. The standard InChI is InChI=1S/C22H27N3O2S/c1-2-16-7-5-6-12-25(16)21(26)14-28-20-13-18(22(27)23-15-10-11-15)17-8-3-4-9-19(17)24-20/h3-4,8-9,13,15-16H,2,5-7,10-12,14H2,1H3,(H,23,27). The van der Waals surface area contributed by atoms with Crippen molar-refractivity contribution in [2.24, 2.45) is 0 Å². The molecule has 1 N–H and O–H groups in total. The molecule has 1 atom stereocenters. The van der Waals surface area contributed by atoms with Gasteiger partial charge in [0.15, 0.2) is 0 Å². The van der Waals surface area contributed by atoms with Crippen molar-refractivity contribution in [3.63, 3.8) is 0 Å². The number of carbonyl (C=O) groups is 2. The lowest BCUT2D eigenvalue weighted by molar-refractivity contribution is -0.132. The molecule has 4 rings (SSSR count). The Morgan fingerprint density at radius 2 is 2.04 bits per heavy atom. The molecule has 28 heavy (non-hydrogen) atoms. The Bertz CT molecular complexity index is 881. The summed E-state index contributed by atoms with van der Waals surface area (Å²) in [5, 5.41) is 4.66. The second-order valence-electron chi connectivity index (χ2n) is 7.71. The Kier molecular flexibility index (Phi) is 5.85. The minimum Gasteiger partial charge on any atom is -0.349 e. The third-order valence-corrected chi connectivity index (χ3v) is 6.51. The van der Waals surface area contributed by atoms with Crippen molar-refractivity contribution in [2.75, 3.05) is 12.3 Å². The van der Waals surface area contributed by atoms with Crippen LogP contribution in [0.25, 0.3) is 10.9 Å². The lowest BCUT2D eigenvalue weighted by atomic mass is 10.0. The van der Waals surface area contributed by atoms with Gasteiger partial charge in [-0.15, -0.1) is 0 Å².